The molecule has 156 valence electrons. The number of anilines is 1. The molecular formula is C24H29Cl3N2. The average molecular weight is 452 g/mol. The molecule has 2 aromatic carbocycles. The van der Waals surface area contributed by atoms with Gasteiger partial charge in [-0.1, -0.05) is 66.2 Å². The van der Waals surface area contributed by atoms with Crippen molar-refractivity contribution in [2.24, 2.45) is 5.92 Å². The Balaban J connectivity index is 1.51. The summed E-state index contributed by atoms with van der Waals surface area (Å²) in [6.45, 7) is 2.12. The average Bonchev–Trinajstić information content (AvgIpc) is 2.74. The van der Waals surface area contributed by atoms with Crippen LogP contribution in [-0.4, -0.2) is 19.1 Å². The Hall–Kier alpha value is -0.930. The third-order valence-corrected chi connectivity index (χ3v) is 7.29. The molecule has 0 spiro atoms. The first-order chi connectivity index (χ1) is 14.1. The molecule has 0 aromatic heterocycles. The first-order valence-electron chi connectivity index (χ1n) is 10.8. The van der Waals surface area contributed by atoms with Gasteiger partial charge >= 0.3 is 0 Å². The third kappa shape index (κ3) is 5.41. The number of hydrogen-bond acceptors (Lipinski definition) is 2. The van der Waals surface area contributed by atoms with Gasteiger partial charge in [-0.05, 0) is 74.0 Å². The summed E-state index contributed by atoms with van der Waals surface area (Å²) in [5.41, 5.74) is 2.34. The molecule has 4 rings (SSSR count). The zero-order valence-electron chi connectivity index (χ0n) is 16.7. The molecule has 0 amide bonds. The Labute approximate surface area is 189 Å². The van der Waals surface area contributed by atoms with Gasteiger partial charge in [-0.3, -0.25) is 0 Å². The van der Waals surface area contributed by atoms with Crippen molar-refractivity contribution in [2.45, 2.75) is 57.0 Å². The summed E-state index contributed by atoms with van der Waals surface area (Å²) in [5.74, 6) is 0.849. The molecule has 2 aromatic rings. The van der Waals surface area contributed by atoms with E-state index in [2.05, 4.69) is 22.3 Å². The molecule has 0 bridgehead atoms. The van der Waals surface area contributed by atoms with E-state index in [1.165, 1.54) is 37.7 Å². The SMILES string of the molecule is Clc1ccc([C@H]2CC(NCC3CCCCC3)CCN2c2ccc(Cl)cc2Cl)cc1. The van der Waals surface area contributed by atoms with Gasteiger partial charge in [-0.2, -0.15) is 0 Å². The molecule has 29 heavy (non-hydrogen) atoms. The van der Waals surface area contributed by atoms with Crippen LogP contribution in [0.2, 0.25) is 15.1 Å². The monoisotopic (exact) mass is 450 g/mol. The smallest absolute Gasteiger partial charge is 0.0654 e. The van der Waals surface area contributed by atoms with Crippen LogP contribution in [0.3, 0.4) is 0 Å². The van der Waals surface area contributed by atoms with Crippen molar-refractivity contribution < 1.29 is 0 Å². The van der Waals surface area contributed by atoms with Crippen molar-refractivity contribution in [1.29, 1.82) is 0 Å². The van der Waals surface area contributed by atoms with Crippen LogP contribution in [0.4, 0.5) is 5.69 Å². The van der Waals surface area contributed by atoms with Gasteiger partial charge in [0.2, 0.25) is 0 Å². The second-order valence-corrected chi connectivity index (χ2v) is 9.77. The maximum absolute atomic E-state index is 6.58. The van der Waals surface area contributed by atoms with E-state index < -0.39 is 0 Å². The minimum absolute atomic E-state index is 0.267. The Bertz CT molecular complexity index is 802. The van der Waals surface area contributed by atoms with Gasteiger partial charge in [0.15, 0.2) is 0 Å². The Morgan fingerprint density at radius 2 is 1.59 bits per heavy atom. The number of hydrogen-bond donors (Lipinski definition) is 1. The number of benzene rings is 2. The molecule has 1 saturated heterocycles. The van der Waals surface area contributed by atoms with Crippen LogP contribution in [0.5, 0.6) is 0 Å². The van der Waals surface area contributed by atoms with Crippen molar-refractivity contribution in [2.75, 3.05) is 18.0 Å². The standard InChI is InChI=1S/C24H29Cl3N2/c25-19-8-6-18(7-9-19)24-15-21(28-16-17-4-2-1-3-5-17)12-13-29(24)23-11-10-20(26)14-22(23)27/h6-11,14,17,21,24,28H,1-5,12-13,15-16H2/t21?,24-/m1/s1. The minimum Gasteiger partial charge on any atom is -0.363 e. The van der Waals surface area contributed by atoms with Crippen molar-refractivity contribution in [3.05, 3.63) is 63.1 Å². The van der Waals surface area contributed by atoms with E-state index in [1.807, 2.05) is 30.3 Å². The van der Waals surface area contributed by atoms with Gasteiger partial charge in [0, 0.05) is 22.6 Å². The second kappa shape index (κ2) is 9.92. The molecule has 1 heterocycles. The molecule has 1 aliphatic heterocycles. The number of nitrogens with one attached hydrogen (secondary N) is 1. The Kier molecular flexibility index (Phi) is 7.29. The van der Waals surface area contributed by atoms with Gasteiger partial charge < -0.3 is 10.2 Å². The van der Waals surface area contributed by atoms with Gasteiger partial charge in [0.1, 0.15) is 0 Å². The second-order valence-electron chi connectivity index (χ2n) is 8.49. The zero-order chi connectivity index (χ0) is 20.2. The molecule has 2 fully saturated rings. The summed E-state index contributed by atoms with van der Waals surface area (Å²) < 4.78 is 0. The van der Waals surface area contributed by atoms with E-state index in [0.29, 0.717) is 16.1 Å². The third-order valence-electron chi connectivity index (χ3n) is 6.50. The maximum Gasteiger partial charge on any atom is 0.0654 e. The number of piperidine rings is 1. The van der Waals surface area contributed by atoms with E-state index in [4.69, 9.17) is 34.8 Å². The fourth-order valence-corrected chi connectivity index (χ4v) is 5.52. The molecular weight excluding hydrogens is 423 g/mol. The van der Waals surface area contributed by atoms with Crippen LogP contribution in [0.15, 0.2) is 42.5 Å². The van der Waals surface area contributed by atoms with E-state index in [1.54, 1.807) is 0 Å². The van der Waals surface area contributed by atoms with E-state index in [0.717, 1.165) is 42.6 Å². The van der Waals surface area contributed by atoms with Crippen LogP contribution in [0.25, 0.3) is 0 Å². The van der Waals surface area contributed by atoms with E-state index >= 15 is 0 Å². The fourth-order valence-electron chi connectivity index (χ4n) is 4.88. The highest BCUT2D eigenvalue weighted by atomic mass is 35.5. The largest absolute Gasteiger partial charge is 0.363 e. The molecule has 1 saturated carbocycles. The van der Waals surface area contributed by atoms with E-state index in [9.17, 15) is 0 Å². The molecule has 5 heteroatoms. The first-order valence-corrected chi connectivity index (χ1v) is 11.9. The fraction of sp³-hybridized carbons (Fsp3) is 0.500. The van der Waals surface area contributed by atoms with Gasteiger partial charge in [0.25, 0.3) is 0 Å². The molecule has 2 nitrogen and oxygen atoms in total. The summed E-state index contributed by atoms with van der Waals surface area (Å²) in [4.78, 5) is 2.43. The molecule has 2 atom stereocenters. The van der Waals surface area contributed by atoms with Crippen LogP contribution in [0.1, 0.15) is 56.6 Å². The molecule has 1 unspecified atom stereocenters. The topological polar surface area (TPSA) is 15.3 Å². The highest BCUT2D eigenvalue weighted by Crippen LogP contribution is 2.39. The lowest BCUT2D eigenvalue weighted by atomic mass is 9.87. The van der Waals surface area contributed by atoms with Crippen LogP contribution >= 0.6 is 34.8 Å². The first kappa shape index (κ1) is 21.3. The van der Waals surface area contributed by atoms with Crippen molar-refractivity contribution in [3.8, 4) is 0 Å². The lowest BCUT2D eigenvalue weighted by Crippen LogP contribution is -2.45. The number of rotatable bonds is 5. The zero-order valence-corrected chi connectivity index (χ0v) is 19.0. The summed E-state index contributed by atoms with van der Waals surface area (Å²) in [7, 11) is 0. The Morgan fingerprint density at radius 3 is 2.31 bits per heavy atom. The lowest BCUT2D eigenvalue weighted by molar-refractivity contribution is 0.296. The van der Waals surface area contributed by atoms with Crippen molar-refractivity contribution >= 4 is 40.5 Å². The van der Waals surface area contributed by atoms with Gasteiger partial charge in [0.05, 0.1) is 16.8 Å². The maximum atomic E-state index is 6.58. The predicted molar refractivity (Wildman–Crippen MR) is 126 cm³/mol. The molecule has 0 radical (unpaired) electrons. The van der Waals surface area contributed by atoms with Gasteiger partial charge in [-0.25, -0.2) is 0 Å². The van der Waals surface area contributed by atoms with Crippen molar-refractivity contribution in [1.82, 2.24) is 5.32 Å². The van der Waals surface area contributed by atoms with Crippen LogP contribution < -0.4 is 10.2 Å². The summed E-state index contributed by atoms with van der Waals surface area (Å²) in [6, 6.07) is 14.9. The number of halogens is 3. The lowest BCUT2D eigenvalue weighted by Gasteiger charge is -2.42. The number of nitrogens with zero attached hydrogens (tertiary/aromatic N) is 1. The van der Waals surface area contributed by atoms with Gasteiger partial charge in [-0.15, -0.1) is 0 Å². The quantitative estimate of drug-likeness (QED) is 0.505. The molecule has 2 aliphatic rings. The molecule has 1 N–H and O–H groups in total. The predicted octanol–water partition coefficient (Wildman–Crippen LogP) is 7.53. The highest BCUT2D eigenvalue weighted by molar-refractivity contribution is 6.36. The summed E-state index contributed by atoms with van der Waals surface area (Å²) in [5, 5.41) is 6.05. The summed E-state index contributed by atoms with van der Waals surface area (Å²) in [6.07, 6.45) is 9.15. The molecule has 1 aliphatic carbocycles. The van der Waals surface area contributed by atoms with Crippen LogP contribution in [0, 0.1) is 5.92 Å². The highest BCUT2D eigenvalue weighted by Gasteiger charge is 2.31. The van der Waals surface area contributed by atoms with E-state index in [-0.39, 0.29) is 6.04 Å². The summed E-state index contributed by atoms with van der Waals surface area (Å²) >= 11 is 18.9. The normalized spacial score (nSPS) is 23.3. The minimum atomic E-state index is 0.267. The van der Waals surface area contributed by atoms with Crippen LogP contribution in [-0.2, 0) is 0 Å². The Morgan fingerprint density at radius 1 is 0.862 bits per heavy atom. The van der Waals surface area contributed by atoms with Crippen molar-refractivity contribution in [3.63, 3.8) is 0 Å².